The number of rotatable bonds is 3. The van der Waals surface area contributed by atoms with Gasteiger partial charge in [0.2, 0.25) is 0 Å². The van der Waals surface area contributed by atoms with E-state index in [-0.39, 0.29) is 11.7 Å². The largest absolute Gasteiger partial charge is 0.338 e. The number of carbonyl (C=O) groups is 1. The van der Waals surface area contributed by atoms with Crippen molar-refractivity contribution < 1.29 is 9.18 Å². The van der Waals surface area contributed by atoms with Gasteiger partial charge in [0, 0.05) is 50.7 Å². The summed E-state index contributed by atoms with van der Waals surface area (Å²) in [6.45, 7) is 4.35. The number of fused-ring (bicyclic) bond motifs is 1. The number of benzene rings is 1. The minimum atomic E-state index is -0.180. The van der Waals surface area contributed by atoms with Gasteiger partial charge in [-0.3, -0.25) is 14.7 Å². The van der Waals surface area contributed by atoms with E-state index in [9.17, 15) is 9.18 Å². The zero-order valence-corrected chi connectivity index (χ0v) is 13.4. The summed E-state index contributed by atoms with van der Waals surface area (Å²) < 4.78 is 13.3. The maximum Gasteiger partial charge on any atom is 0.253 e. The monoisotopic (exact) mass is 325 g/mol. The lowest BCUT2D eigenvalue weighted by Crippen LogP contribution is -2.33. The molecule has 0 aliphatic carbocycles. The Bertz CT molecular complexity index is 722. The molecule has 0 unspecified atom stereocenters. The van der Waals surface area contributed by atoms with Gasteiger partial charge >= 0.3 is 0 Å². The van der Waals surface area contributed by atoms with Crippen LogP contribution in [-0.2, 0) is 6.54 Å². The molecule has 0 spiro atoms. The molecule has 124 valence electrons. The fourth-order valence-corrected chi connectivity index (χ4v) is 3.96. The minimum Gasteiger partial charge on any atom is -0.338 e. The van der Waals surface area contributed by atoms with Gasteiger partial charge in [-0.1, -0.05) is 12.1 Å². The van der Waals surface area contributed by atoms with Crippen molar-refractivity contribution in [3.8, 4) is 0 Å². The van der Waals surface area contributed by atoms with Crippen molar-refractivity contribution in [3.05, 3.63) is 65.7 Å². The Kier molecular flexibility index (Phi) is 4.02. The molecular weight excluding hydrogens is 305 g/mol. The van der Waals surface area contributed by atoms with Crippen molar-refractivity contribution in [2.24, 2.45) is 11.8 Å². The van der Waals surface area contributed by atoms with E-state index in [0.29, 0.717) is 17.4 Å². The number of aromatic nitrogens is 1. The Hall–Kier alpha value is -2.27. The Morgan fingerprint density at radius 3 is 2.46 bits per heavy atom. The van der Waals surface area contributed by atoms with E-state index in [4.69, 9.17) is 0 Å². The number of likely N-dealkylation sites (tertiary alicyclic amines) is 2. The topological polar surface area (TPSA) is 36.4 Å². The van der Waals surface area contributed by atoms with Crippen LogP contribution >= 0.6 is 0 Å². The van der Waals surface area contributed by atoms with Crippen LogP contribution in [-0.4, -0.2) is 46.9 Å². The second-order valence-corrected chi connectivity index (χ2v) is 6.79. The molecule has 5 heteroatoms. The molecule has 0 N–H and O–H groups in total. The summed E-state index contributed by atoms with van der Waals surface area (Å²) in [5, 5.41) is 0. The first kappa shape index (κ1) is 15.3. The first-order valence-electron chi connectivity index (χ1n) is 8.35. The van der Waals surface area contributed by atoms with Gasteiger partial charge in [-0.2, -0.15) is 0 Å². The highest BCUT2D eigenvalue weighted by Crippen LogP contribution is 2.32. The SMILES string of the molecule is O=C(c1ccncc1)N1C[C@H]2CN(Cc3cccc(F)c3)C[C@H]2C1. The summed E-state index contributed by atoms with van der Waals surface area (Å²) >= 11 is 0. The Morgan fingerprint density at radius 1 is 1.08 bits per heavy atom. The number of nitrogens with zero attached hydrogens (tertiary/aromatic N) is 3. The molecule has 24 heavy (non-hydrogen) atoms. The van der Waals surface area contributed by atoms with E-state index in [0.717, 1.165) is 38.3 Å². The number of hydrogen-bond acceptors (Lipinski definition) is 3. The van der Waals surface area contributed by atoms with Crippen molar-refractivity contribution in [1.29, 1.82) is 0 Å². The predicted octanol–water partition coefficient (Wildman–Crippen LogP) is 2.42. The van der Waals surface area contributed by atoms with E-state index >= 15 is 0 Å². The van der Waals surface area contributed by atoms with Gasteiger partial charge in [0.05, 0.1) is 0 Å². The lowest BCUT2D eigenvalue weighted by molar-refractivity contribution is 0.0773. The molecule has 0 bridgehead atoms. The van der Waals surface area contributed by atoms with E-state index < -0.39 is 0 Å². The molecule has 2 fully saturated rings. The molecule has 1 amide bonds. The van der Waals surface area contributed by atoms with Crippen LogP contribution in [0.2, 0.25) is 0 Å². The van der Waals surface area contributed by atoms with E-state index in [1.54, 1.807) is 36.7 Å². The van der Waals surface area contributed by atoms with Crippen molar-refractivity contribution in [3.63, 3.8) is 0 Å². The lowest BCUT2D eigenvalue weighted by atomic mass is 10.0. The van der Waals surface area contributed by atoms with Crippen LogP contribution in [0.3, 0.4) is 0 Å². The molecular formula is C19H20FN3O. The summed E-state index contributed by atoms with van der Waals surface area (Å²) in [6, 6.07) is 10.4. The maximum absolute atomic E-state index is 13.3. The first-order valence-corrected chi connectivity index (χ1v) is 8.35. The number of hydrogen-bond donors (Lipinski definition) is 0. The highest BCUT2D eigenvalue weighted by Gasteiger charge is 2.41. The summed E-state index contributed by atoms with van der Waals surface area (Å²) in [6.07, 6.45) is 3.32. The second kappa shape index (κ2) is 6.32. The van der Waals surface area contributed by atoms with Crippen LogP contribution in [0, 0.1) is 17.7 Å². The summed E-state index contributed by atoms with van der Waals surface area (Å²) in [7, 11) is 0. The fraction of sp³-hybridized carbons (Fsp3) is 0.368. The quantitative estimate of drug-likeness (QED) is 0.870. The maximum atomic E-state index is 13.3. The van der Waals surface area contributed by atoms with E-state index in [1.807, 2.05) is 11.0 Å². The normalized spacial score (nSPS) is 23.5. The Labute approximate surface area is 140 Å². The van der Waals surface area contributed by atoms with Gasteiger partial charge < -0.3 is 4.90 Å². The predicted molar refractivity (Wildman–Crippen MR) is 88.8 cm³/mol. The highest BCUT2D eigenvalue weighted by molar-refractivity contribution is 5.94. The van der Waals surface area contributed by atoms with Gasteiger partial charge in [-0.15, -0.1) is 0 Å². The van der Waals surface area contributed by atoms with E-state index in [1.165, 1.54) is 6.07 Å². The summed E-state index contributed by atoms with van der Waals surface area (Å²) in [5.74, 6) is 0.957. The summed E-state index contributed by atoms with van der Waals surface area (Å²) in [4.78, 5) is 20.8. The lowest BCUT2D eigenvalue weighted by Gasteiger charge is -2.21. The third-order valence-corrected chi connectivity index (χ3v) is 5.07. The Morgan fingerprint density at radius 2 is 1.79 bits per heavy atom. The fourth-order valence-electron chi connectivity index (χ4n) is 3.96. The average Bonchev–Trinajstić information content (AvgIpc) is 3.13. The Balaban J connectivity index is 1.36. The molecule has 2 aromatic rings. The third-order valence-electron chi connectivity index (χ3n) is 5.07. The zero-order valence-electron chi connectivity index (χ0n) is 13.4. The average molecular weight is 325 g/mol. The van der Waals surface area contributed by atoms with Gasteiger partial charge in [-0.05, 0) is 41.7 Å². The molecule has 4 rings (SSSR count). The molecule has 1 aromatic heterocycles. The second-order valence-electron chi connectivity index (χ2n) is 6.79. The first-order chi connectivity index (χ1) is 11.7. The van der Waals surface area contributed by atoms with Crippen LogP contribution in [0.5, 0.6) is 0 Å². The van der Waals surface area contributed by atoms with Crippen molar-refractivity contribution >= 4 is 5.91 Å². The molecule has 0 radical (unpaired) electrons. The van der Waals surface area contributed by atoms with Gasteiger partial charge in [0.1, 0.15) is 5.82 Å². The van der Waals surface area contributed by atoms with Crippen LogP contribution in [0.1, 0.15) is 15.9 Å². The molecule has 2 aliphatic heterocycles. The zero-order chi connectivity index (χ0) is 16.5. The number of amides is 1. The number of pyridine rings is 1. The molecule has 4 nitrogen and oxygen atoms in total. The van der Waals surface area contributed by atoms with Crippen molar-refractivity contribution in [2.75, 3.05) is 26.2 Å². The summed E-state index contributed by atoms with van der Waals surface area (Å²) in [5.41, 5.74) is 1.72. The molecule has 0 saturated carbocycles. The van der Waals surface area contributed by atoms with Crippen molar-refractivity contribution in [2.45, 2.75) is 6.54 Å². The van der Waals surface area contributed by atoms with Crippen LogP contribution in [0.25, 0.3) is 0 Å². The van der Waals surface area contributed by atoms with Crippen LogP contribution in [0.4, 0.5) is 4.39 Å². The molecule has 2 saturated heterocycles. The van der Waals surface area contributed by atoms with Gasteiger partial charge in [0.25, 0.3) is 5.91 Å². The van der Waals surface area contributed by atoms with Gasteiger partial charge in [-0.25, -0.2) is 4.39 Å². The number of halogens is 1. The highest BCUT2D eigenvalue weighted by atomic mass is 19.1. The van der Waals surface area contributed by atoms with Gasteiger partial charge in [0.15, 0.2) is 0 Å². The minimum absolute atomic E-state index is 0.100. The van der Waals surface area contributed by atoms with E-state index in [2.05, 4.69) is 9.88 Å². The number of carbonyl (C=O) groups excluding carboxylic acids is 1. The van der Waals surface area contributed by atoms with Crippen molar-refractivity contribution in [1.82, 2.24) is 14.8 Å². The molecule has 1 aromatic carbocycles. The third kappa shape index (κ3) is 3.04. The standard InChI is InChI=1S/C19H20FN3O/c20-18-3-1-2-14(8-18)9-22-10-16-12-23(13-17(16)11-22)19(24)15-4-6-21-7-5-15/h1-8,16-17H,9-13H2/t16-,17+. The molecule has 3 heterocycles. The van der Waals surface area contributed by atoms with Crippen LogP contribution < -0.4 is 0 Å². The molecule has 2 atom stereocenters. The molecule has 2 aliphatic rings. The smallest absolute Gasteiger partial charge is 0.253 e. The van der Waals surface area contributed by atoms with Crippen LogP contribution in [0.15, 0.2) is 48.8 Å².